The summed E-state index contributed by atoms with van der Waals surface area (Å²) < 4.78 is 36.4. The van der Waals surface area contributed by atoms with Crippen molar-refractivity contribution in [1.29, 1.82) is 0 Å². The summed E-state index contributed by atoms with van der Waals surface area (Å²) >= 11 is 0. The van der Waals surface area contributed by atoms with E-state index in [0.717, 1.165) is 12.0 Å². The van der Waals surface area contributed by atoms with E-state index in [2.05, 4.69) is 10.6 Å². The summed E-state index contributed by atoms with van der Waals surface area (Å²) in [7, 11) is 0. The highest BCUT2D eigenvalue weighted by Crippen LogP contribution is 2.17. The molecule has 0 aliphatic heterocycles. The van der Waals surface area contributed by atoms with Crippen molar-refractivity contribution in [3.8, 4) is 0 Å². The van der Waals surface area contributed by atoms with Gasteiger partial charge in [0.25, 0.3) is 5.91 Å². The average Bonchev–Trinajstić information content (AvgIpc) is 2.50. The first kappa shape index (κ1) is 19.8. The summed E-state index contributed by atoms with van der Waals surface area (Å²) in [4.78, 5) is 23.5. The van der Waals surface area contributed by atoms with E-state index in [0.29, 0.717) is 5.69 Å². The fourth-order valence-electron chi connectivity index (χ4n) is 1.84. The monoisotopic (exact) mass is 345 g/mol. The highest BCUT2D eigenvalue weighted by molar-refractivity contribution is 5.95. The summed E-state index contributed by atoms with van der Waals surface area (Å²) in [6.07, 6.45) is -3.66. The molecular weight excluding hydrogens is 323 g/mol. The Labute approximate surface area is 139 Å². The van der Waals surface area contributed by atoms with Gasteiger partial charge in [0.15, 0.2) is 0 Å². The molecule has 0 radical (unpaired) electrons. The van der Waals surface area contributed by atoms with E-state index < -0.39 is 18.6 Å². The minimum atomic E-state index is -4.46. The Morgan fingerprint density at radius 1 is 1.25 bits per heavy atom. The van der Waals surface area contributed by atoms with Gasteiger partial charge in [-0.2, -0.15) is 13.2 Å². The van der Waals surface area contributed by atoms with Crippen LogP contribution in [0.25, 0.3) is 0 Å². The molecule has 1 aromatic carbocycles. The normalized spacial score (nSPS) is 12.4. The van der Waals surface area contributed by atoms with E-state index >= 15 is 0 Å². The van der Waals surface area contributed by atoms with Crippen LogP contribution >= 0.6 is 0 Å². The van der Waals surface area contributed by atoms with Gasteiger partial charge >= 0.3 is 6.18 Å². The van der Waals surface area contributed by atoms with Crippen LogP contribution in [-0.2, 0) is 4.79 Å². The molecule has 0 bridgehead atoms. The van der Waals surface area contributed by atoms with Crippen molar-refractivity contribution in [3.05, 3.63) is 29.3 Å². The molecular formula is C16H22F3N3O2. The van der Waals surface area contributed by atoms with Gasteiger partial charge in [-0.15, -0.1) is 0 Å². The van der Waals surface area contributed by atoms with Gasteiger partial charge in [0.05, 0.1) is 6.54 Å². The third kappa shape index (κ3) is 6.89. The molecule has 0 heterocycles. The molecule has 0 spiro atoms. The number of halogens is 3. The summed E-state index contributed by atoms with van der Waals surface area (Å²) in [5, 5.41) is 7.50. The molecule has 5 nitrogen and oxygen atoms in total. The number of benzene rings is 1. The first-order valence-corrected chi connectivity index (χ1v) is 7.61. The Kier molecular flexibility index (Phi) is 7.06. The highest BCUT2D eigenvalue weighted by Gasteiger charge is 2.27. The van der Waals surface area contributed by atoms with Gasteiger partial charge in [0.1, 0.15) is 6.54 Å². The van der Waals surface area contributed by atoms with Crippen molar-refractivity contribution < 1.29 is 22.8 Å². The molecule has 0 saturated carbocycles. The van der Waals surface area contributed by atoms with Crippen molar-refractivity contribution in [1.82, 2.24) is 10.6 Å². The minimum absolute atomic E-state index is 0.0127. The highest BCUT2D eigenvalue weighted by atomic mass is 19.4. The van der Waals surface area contributed by atoms with Crippen LogP contribution in [0, 0.1) is 6.92 Å². The summed E-state index contributed by atoms with van der Waals surface area (Å²) in [6.45, 7) is 4.23. The molecule has 0 saturated heterocycles. The summed E-state index contributed by atoms with van der Waals surface area (Å²) in [5.74, 6) is -1.02. The van der Waals surface area contributed by atoms with Gasteiger partial charge in [0, 0.05) is 17.3 Å². The number of amides is 2. The van der Waals surface area contributed by atoms with Crippen LogP contribution < -0.4 is 16.0 Å². The molecule has 0 aromatic heterocycles. The van der Waals surface area contributed by atoms with Gasteiger partial charge < -0.3 is 16.0 Å². The lowest BCUT2D eigenvalue weighted by Gasteiger charge is -2.14. The van der Waals surface area contributed by atoms with Crippen LogP contribution in [0.1, 0.15) is 36.2 Å². The summed E-state index contributed by atoms with van der Waals surface area (Å²) in [5.41, 5.74) is 1.39. The minimum Gasteiger partial charge on any atom is -0.376 e. The Morgan fingerprint density at radius 2 is 1.92 bits per heavy atom. The Balaban J connectivity index is 2.69. The zero-order valence-electron chi connectivity index (χ0n) is 13.9. The quantitative estimate of drug-likeness (QED) is 0.711. The lowest BCUT2D eigenvalue weighted by molar-refractivity contribution is -0.123. The Bertz CT molecular complexity index is 588. The molecule has 24 heavy (non-hydrogen) atoms. The van der Waals surface area contributed by atoms with E-state index in [9.17, 15) is 22.8 Å². The average molecular weight is 345 g/mol. The van der Waals surface area contributed by atoms with E-state index in [-0.39, 0.29) is 24.1 Å². The lowest BCUT2D eigenvalue weighted by atomic mass is 10.1. The second-order valence-corrected chi connectivity index (χ2v) is 5.56. The van der Waals surface area contributed by atoms with Gasteiger partial charge in [-0.25, -0.2) is 0 Å². The Hall–Kier alpha value is -2.25. The second kappa shape index (κ2) is 8.56. The van der Waals surface area contributed by atoms with Crippen LogP contribution in [-0.4, -0.2) is 37.1 Å². The number of hydrogen-bond donors (Lipinski definition) is 3. The fourth-order valence-corrected chi connectivity index (χ4v) is 1.84. The number of carbonyl (C=O) groups excluding carboxylic acids is 2. The maximum absolute atomic E-state index is 12.1. The predicted molar refractivity (Wildman–Crippen MR) is 86.0 cm³/mol. The van der Waals surface area contributed by atoms with E-state index in [1.165, 1.54) is 12.1 Å². The fraction of sp³-hybridized carbons (Fsp3) is 0.500. The molecule has 0 aliphatic carbocycles. The van der Waals surface area contributed by atoms with Crippen molar-refractivity contribution in [2.24, 2.45) is 0 Å². The molecule has 1 aromatic rings. The number of nitrogens with one attached hydrogen (secondary N) is 3. The third-order valence-electron chi connectivity index (χ3n) is 3.41. The van der Waals surface area contributed by atoms with Crippen molar-refractivity contribution in [3.63, 3.8) is 0 Å². The van der Waals surface area contributed by atoms with Gasteiger partial charge in [0.2, 0.25) is 5.91 Å². The molecule has 8 heteroatoms. The van der Waals surface area contributed by atoms with Gasteiger partial charge in [-0.05, 0) is 38.0 Å². The molecule has 1 atom stereocenters. The molecule has 3 N–H and O–H groups in total. The van der Waals surface area contributed by atoms with Crippen molar-refractivity contribution >= 4 is 17.5 Å². The van der Waals surface area contributed by atoms with Gasteiger partial charge in [-0.1, -0.05) is 13.0 Å². The molecule has 1 rings (SSSR count). The number of aryl methyl sites for hydroxylation is 1. The van der Waals surface area contributed by atoms with Crippen LogP contribution in [0.15, 0.2) is 18.2 Å². The maximum atomic E-state index is 12.1. The second-order valence-electron chi connectivity index (χ2n) is 5.56. The van der Waals surface area contributed by atoms with Gasteiger partial charge in [-0.3, -0.25) is 9.59 Å². The SMILES string of the molecule is CCC(C)NC(=O)CNc1cc(C(=O)NCC(F)(F)F)ccc1C. The lowest BCUT2D eigenvalue weighted by Crippen LogP contribution is -2.36. The molecule has 0 fully saturated rings. The number of rotatable bonds is 7. The van der Waals surface area contributed by atoms with Crippen LogP contribution in [0.4, 0.5) is 18.9 Å². The zero-order chi connectivity index (χ0) is 18.3. The predicted octanol–water partition coefficient (Wildman–Crippen LogP) is 2.61. The molecule has 0 aliphatic rings. The van der Waals surface area contributed by atoms with E-state index in [4.69, 9.17) is 0 Å². The Morgan fingerprint density at radius 3 is 2.50 bits per heavy atom. The summed E-state index contributed by atoms with van der Waals surface area (Å²) in [6, 6.07) is 4.53. The van der Waals surface area contributed by atoms with E-state index in [1.54, 1.807) is 13.0 Å². The third-order valence-corrected chi connectivity index (χ3v) is 3.41. The molecule has 2 amide bonds. The smallest absolute Gasteiger partial charge is 0.376 e. The molecule has 1 unspecified atom stereocenters. The van der Waals surface area contributed by atoms with Crippen LogP contribution in [0.5, 0.6) is 0 Å². The van der Waals surface area contributed by atoms with Crippen LogP contribution in [0.2, 0.25) is 0 Å². The van der Waals surface area contributed by atoms with Crippen LogP contribution in [0.3, 0.4) is 0 Å². The molecule has 134 valence electrons. The number of hydrogen-bond acceptors (Lipinski definition) is 3. The number of carbonyl (C=O) groups is 2. The van der Waals surface area contributed by atoms with E-state index in [1.807, 2.05) is 19.2 Å². The maximum Gasteiger partial charge on any atom is 0.405 e. The van der Waals surface area contributed by atoms with Crippen molar-refractivity contribution in [2.45, 2.75) is 39.4 Å². The standard InChI is InChI=1S/C16H22F3N3O2/c1-4-11(3)22-14(23)8-20-13-7-12(6-5-10(13)2)15(24)21-9-16(17,18)19/h5-7,11,20H,4,8-9H2,1-3H3,(H,21,24)(H,22,23). The largest absolute Gasteiger partial charge is 0.405 e. The van der Waals surface area contributed by atoms with Crippen molar-refractivity contribution in [2.75, 3.05) is 18.4 Å². The number of alkyl halides is 3. The number of anilines is 1. The first-order valence-electron chi connectivity index (χ1n) is 7.61. The zero-order valence-corrected chi connectivity index (χ0v) is 13.9. The first-order chi connectivity index (χ1) is 11.1. The topological polar surface area (TPSA) is 70.2 Å².